The largest absolute Gasteiger partial charge is 0.366 e. The minimum absolute atomic E-state index is 0.119. The van der Waals surface area contributed by atoms with E-state index in [2.05, 4.69) is 50.1 Å². The second-order valence-electron chi connectivity index (χ2n) is 8.52. The zero-order valence-corrected chi connectivity index (χ0v) is 17.2. The van der Waals surface area contributed by atoms with Crippen LogP contribution in [0.4, 0.5) is 5.82 Å². The number of carbonyl (C=O) groups is 1. The quantitative estimate of drug-likeness (QED) is 0.872. The zero-order chi connectivity index (χ0) is 19.6. The van der Waals surface area contributed by atoms with Gasteiger partial charge in [0.25, 0.3) is 0 Å². The molecule has 1 aliphatic rings. The zero-order valence-electron chi connectivity index (χ0n) is 17.2. The highest BCUT2D eigenvalue weighted by molar-refractivity contribution is 5.78. The Morgan fingerprint density at radius 2 is 1.85 bits per heavy atom. The van der Waals surface area contributed by atoms with Crippen LogP contribution in [0.15, 0.2) is 12.1 Å². The van der Waals surface area contributed by atoms with Crippen LogP contribution in [-0.4, -0.2) is 49.7 Å². The third-order valence-corrected chi connectivity index (χ3v) is 5.43. The summed E-state index contributed by atoms with van der Waals surface area (Å²) in [6, 6.07) is 4.23. The lowest BCUT2D eigenvalue weighted by Gasteiger charge is -2.34. The summed E-state index contributed by atoms with van der Waals surface area (Å²) >= 11 is 0. The molecule has 7 nitrogen and oxygen atoms in total. The number of likely N-dealkylation sites (tertiary alicyclic amines) is 1. The lowest BCUT2D eigenvalue weighted by Crippen LogP contribution is -2.44. The summed E-state index contributed by atoms with van der Waals surface area (Å²) in [6.07, 6.45) is 3.73. The monoisotopic (exact) mass is 372 g/mol. The Hall–Kier alpha value is -2.18. The predicted octanol–water partition coefficient (Wildman–Crippen LogP) is 3.26. The normalized spacial score (nSPS) is 16.3. The van der Waals surface area contributed by atoms with E-state index in [0.29, 0.717) is 11.9 Å². The van der Waals surface area contributed by atoms with Gasteiger partial charge in [-0.25, -0.2) is 0 Å². The Balaban J connectivity index is 1.65. The number of rotatable bonds is 5. The molecule has 0 radical (unpaired) electrons. The van der Waals surface area contributed by atoms with Crippen LogP contribution in [0.3, 0.4) is 0 Å². The Morgan fingerprint density at radius 3 is 2.44 bits per heavy atom. The summed E-state index contributed by atoms with van der Waals surface area (Å²) in [5.41, 5.74) is 0.641. The SMILES string of the molecule is CCC(CC)C(=O)N1CCC(Nc2ccc3nnc(C(C)(C)C)n3n2)CC1. The molecule has 0 bridgehead atoms. The van der Waals surface area contributed by atoms with Gasteiger partial charge in [0.1, 0.15) is 5.82 Å². The summed E-state index contributed by atoms with van der Waals surface area (Å²) in [7, 11) is 0. The van der Waals surface area contributed by atoms with E-state index in [0.717, 1.165) is 56.1 Å². The van der Waals surface area contributed by atoms with Gasteiger partial charge in [-0.05, 0) is 37.8 Å². The second-order valence-corrected chi connectivity index (χ2v) is 8.52. The Kier molecular flexibility index (Phi) is 5.67. The Morgan fingerprint density at radius 1 is 1.19 bits per heavy atom. The highest BCUT2D eigenvalue weighted by atomic mass is 16.2. The van der Waals surface area contributed by atoms with Crippen LogP contribution in [0.2, 0.25) is 0 Å². The van der Waals surface area contributed by atoms with Gasteiger partial charge in [-0.1, -0.05) is 34.6 Å². The van der Waals surface area contributed by atoms with Crippen LogP contribution in [0.25, 0.3) is 5.65 Å². The molecule has 1 fully saturated rings. The highest BCUT2D eigenvalue weighted by Gasteiger charge is 2.27. The van der Waals surface area contributed by atoms with Crippen LogP contribution in [-0.2, 0) is 10.2 Å². The minimum atomic E-state index is -0.119. The van der Waals surface area contributed by atoms with Crippen molar-refractivity contribution in [2.24, 2.45) is 5.92 Å². The molecule has 1 saturated heterocycles. The van der Waals surface area contributed by atoms with Gasteiger partial charge in [0.15, 0.2) is 11.5 Å². The molecule has 0 saturated carbocycles. The van der Waals surface area contributed by atoms with Crippen molar-refractivity contribution in [1.82, 2.24) is 24.7 Å². The van der Waals surface area contributed by atoms with Gasteiger partial charge in [-0.3, -0.25) is 4.79 Å². The first-order chi connectivity index (χ1) is 12.8. The average molecular weight is 373 g/mol. The number of piperidine rings is 1. The molecular formula is C20H32N6O. The predicted molar refractivity (Wildman–Crippen MR) is 107 cm³/mol. The van der Waals surface area contributed by atoms with E-state index in [1.54, 1.807) is 0 Å². The second kappa shape index (κ2) is 7.82. The van der Waals surface area contributed by atoms with Crippen LogP contribution < -0.4 is 5.32 Å². The summed E-state index contributed by atoms with van der Waals surface area (Å²) in [5.74, 6) is 2.17. The van der Waals surface area contributed by atoms with Crippen molar-refractivity contribution in [2.45, 2.75) is 71.8 Å². The molecule has 27 heavy (non-hydrogen) atoms. The highest BCUT2D eigenvalue weighted by Crippen LogP contribution is 2.22. The number of hydrogen-bond acceptors (Lipinski definition) is 5. The van der Waals surface area contributed by atoms with E-state index < -0.39 is 0 Å². The van der Waals surface area contributed by atoms with Crippen LogP contribution in [0.5, 0.6) is 0 Å². The number of carbonyl (C=O) groups excluding carboxylic acids is 1. The average Bonchev–Trinajstić information content (AvgIpc) is 3.07. The van der Waals surface area contributed by atoms with Gasteiger partial charge in [0, 0.05) is 30.5 Å². The van der Waals surface area contributed by atoms with E-state index in [9.17, 15) is 4.79 Å². The smallest absolute Gasteiger partial charge is 0.225 e. The van der Waals surface area contributed by atoms with Crippen LogP contribution in [0, 0.1) is 5.92 Å². The van der Waals surface area contributed by atoms with E-state index in [1.807, 2.05) is 21.5 Å². The maximum absolute atomic E-state index is 12.5. The molecule has 0 aliphatic carbocycles. The third kappa shape index (κ3) is 4.22. The minimum Gasteiger partial charge on any atom is -0.366 e. The van der Waals surface area contributed by atoms with Crippen molar-refractivity contribution in [3.63, 3.8) is 0 Å². The first kappa shape index (κ1) is 19.6. The number of nitrogens with one attached hydrogen (secondary N) is 1. The lowest BCUT2D eigenvalue weighted by atomic mass is 9.96. The molecule has 148 valence electrons. The standard InChI is InChI=1S/C20H32N6O/c1-6-14(7-2)18(27)25-12-10-15(11-13-25)21-16-8-9-17-22-23-19(20(3,4)5)26(17)24-16/h8-9,14-15H,6-7,10-13H2,1-5H3,(H,21,24). The summed E-state index contributed by atoms with van der Waals surface area (Å²) in [6.45, 7) is 12.1. The molecule has 1 aliphatic heterocycles. The van der Waals surface area contributed by atoms with Gasteiger partial charge in [0.05, 0.1) is 0 Å². The molecule has 2 aromatic rings. The van der Waals surface area contributed by atoms with Crippen molar-refractivity contribution in [1.29, 1.82) is 0 Å². The van der Waals surface area contributed by atoms with Crippen LogP contribution >= 0.6 is 0 Å². The lowest BCUT2D eigenvalue weighted by molar-refractivity contribution is -0.136. The fourth-order valence-electron chi connectivity index (χ4n) is 3.68. The van der Waals surface area contributed by atoms with Crippen molar-refractivity contribution in [3.05, 3.63) is 18.0 Å². The van der Waals surface area contributed by atoms with Gasteiger partial charge in [-0.2, -0.15) is 4.52 Å². The van der Waals surface area contributed by atoms with Gasteiger partial charge in [0.2, 0.25) is 5.91 Å². The first-order valence-corrected chi connectivity index (χ1v) is 10.1. The van der Waals surface area contributed by atoms with Gasteiger partial charge >= 0.3 is 0 Å². The maximum atomic E-state index is 12.5. The third-order valence-electron chi connectivity index (χ3n) is 5.43. The van der Waals surface area contributed by atoms with Crippen molar-refractivity contribution in [2.75, 3.05) is 18.4 Å². The van der Waals surface area contributed by atoms with Gasteiger partial charge in [-0.15, -0.1) is 15.3 Å². The molecule has 0 atom stereocenters. The van der Waals surface area contributed by atoms with E-state index in [-0.39, 0.29) is 11.3 Å². The topological polar surface area (TPSA) is 75.4 Å². The Labute approximate surface area is 161 Å². The molecule has 3 heterocycles. The summed E-state index contributed by atoms with van der Waals surface area (Å²) < 4.78 is 1.83. The Bertz CT molecular complexity index is 781. The van der Waals surface area contributed by atoms with E-state index in [1.165, 1.54) is 0 Å². The van der Waals surface area contributed by atoms with E-state index in [4.69, 9.17) is 5.10 Å². The fraction of sp³-hybridized carbons (Fsp3) is 0.700. The maximum Gasteiger partial charge on any atom is 0.225 e. The molecule has 0 spiro atoms. The molecular weight excluding hydrogens is 340 g/mol. The molecule has 1 amide bonds. The molecule has 1 N–H and O–H groups in total. The van der Waals surface area contributed by atoms with Crippen molar-refractivity contribution in [3.8, 4) is 0 Å². The number of aromatic nitrogens is 4. The van der Waals surface area contributed by atoms with Crippen LogP contribution in [0.1, 0.15) is 66.1 Å². The number of fused-ring (bicyclic) bond motifs is 1. The molecule has 0 aromatic carbocycles. The van der Waals surface area contributed by atoms with Crippen molar-refractivity contribution < 1.29 is 4.79 Å². The number of amides is 1. The van der Waals surface area contributed by atoms with Gasteiger partial charge < -0.3 is 10.2 Å². The molecule has 3 rings (SSSR count). The fourth-order valence-corrected chi connectivity index (χ4v) is 3.68. The summed E-state index contributed by atoms with van der Waals surface area (Å²) in [4.78, 5) is 14.6. The van der Waals surface area contributed by atoms with Crippen molar-refractivity contribution >= 4 is 17.4 Å². The molecule has 0 unspecified atom stereocenters. The number of nitrogens with zero attached hydrogens (tertiary/aromatic N) is 5. The van der Waals surface area contributed by atoms with E-state index >= 15 is 0 Å². The number of hydrogen-bond donors (Lipinski definition) is 1. The number of anilines is 1. The summed E-state index contributed by atoms with van der Waals surface area (Å²) in [5, 5.41) is 16.7. The molecule has 2 aromatic heterocycles. The first-order valence-electron chi connectivity index (χ1n) is 10.1. The molecule has 7 heteroatoms.